The molecule has 3 nitrogen and oxygen atoms in total. The predicted molar refractivity (Wildman–Crippen MR) is 86.2 cm³/mol. The van der Waals surface area contributed by atoms with Crippen molar-refractivity contribution in [2.45, 2.75) is 45.6 Å². The van der Waals surface area contributed by atoms with E-state index in [1.165, 1.54) is 31.4 Å². The summed E-state index contributed by atoms with van der Waals surface area (Å²) in [5.41, 5.74) is 2.94. The van der Waals surface area contributed by atoms with Crippen LogP contribution in [-0.4, -0.2) is 10.4 Å². The fourth-order valence-corrected chi connectivity index (χ4v) is 3.92. The number of aryl methyl sites for hydroxylation is 1. The Morgan fingerprint density at radius 3 is 2.52 bits per heavy atom. The first-order chi connectivity index (χ1) is 10.1. The minimum absolute atomic E-state index is 0.0922. The van der Waals surface area contributed by atoms with Crippen LogP contribution in [0, 0.1) is 6.92 Å². The highest BCUT2D eigenvalue weighted by molar-refractivity contribution is 7.07. The molecule has 1 aromatic carbocycles. The van der Waals surface area contributed by atoms with Crippen LogP contribution in [0.15, 0.2) is 34.6 Å². The van der Waals surface area contributed by atoms with Crippen molar-refractivity contribution < 1.29 is 4.79 Å². The summed E-state index contributed by atoms with van der Waals surface area (Å²) in [5.74, 6) is 0.0922. The molecule has 21 heavy (non-hydrogen) atoms. The molecule has 1 aromatic heterocycles. The summed E-state index contributed by atoms with van der Waals surface area (Å²) < 4.78 is 2.39. The lowest BCUT2D eigenvalue weighted by Crippen LogP contribution is -2.20. The number of thiazole rings is 1. The average molecular weight is 300 g/mol. The van der Waals surface area contributed by atoms with Crippen molar-refractivity contribution in [1.82, 2.24) is 4.57 Å². The number of Topliss-reactive ketones (excluding diaryl/α,β-unsaturated/α-hetero) is 1. The number of ketones is 1. The fraction of sp³-hybridized carbons (Fsp3) is 0.412. The van der Waals surface area contributed by atoms with Crippen LogP contribution >= 0.6 is 11.3 Å². The maximum atomic E-state index is 11.3. The number of nitrogens with zero attached hydrogens (tertiary/aromatic N) is 2. The van der Waals surface area contributed by atoms with Crippen LogP contribution in [-0.2, 0) is 0 Å². The van der Waals surface area contributed by atoms with Crippen molar-refractivity contribution in [3.05, 3.63) is 45.7 Å². The molecule has 0 saturated heterocycles. The minimum atomic E-state index is 0.0922. The zero-order valence-electron chi connectivity index (χ0n) is 12.5. The van der Waals surface area contributed by atoms with Gasteiger partial charge in [0.1, 0.15) is 0 Å². The normalized spacial score (nSPS) is 16.6. The first-order valence-electron chi connectivity index (χ1n) is 7.47. The van der Waals surface area contributed by atoms with Crippen LogP contribution < -0.4 is 4.80 Å². The summed E-state index contributed by atoms with van der Waals surface area (Å²) in [6.07, 6.45) is 5.15. The maximum Gasteiger partial charge on any atom is 0.190 e. The first-order valence-corrected chi connectivity index (χ1v) is 8.35. The molecule has 0 amide bonds. The van der Waals surface area contributed by atoms with Gasteiger partial charge >= 0.3 is 0 Å². The smallest absolute Gasteiger partial charge is 0.190 e. The second-order valence-corrected chi connectivity index (χ2v) is 6.52. The lowest BCUT2D eigenvalue weighted by molar-refractivity contribution is 0.101. The predicted octanol–water partition coefficient (Wildman–Crippen LogP) is 4.41. The number of hydrogen-bond donors (Lipinski definition) is 0. The van der Waals surface area contributed by atoms with Crippen LogP contribution in [0.25, 0.3) is 0 Å². The van der Waals surface area contributed by atoms with Crippen molar-refractivity contribution in [1.29, 1.82) is 0 Å². The largest absolute Gasteiger partial charge is 0.318 e. The second kappa shape index (κ2) is 5.98. The standard InChI is InChI=1S/C17H20N2OS/c1-12-11-21-17(19(12)16-5-3-4-6-16)18-15-9-7-14(8-10-15)13(2)20/h7-11,16H,3-6H2,1-2H3. The molecule has 1 aliphatic carbocycles. The Morgan fingerprint density at radius 2 is 1.90 bits per heavy atom. The van der Waals surface area contributed by atoms with Crippen LogP contribution in [0.1, 0.15) is 54.7 Å². The maximum absolute atomic E-state index is 11.3. The van der Waals surface area contributed by atoms with Crippen molar-refractivity contribution >= 4 is 22.8 Å². The van der Waals surface area contributed by atoms with Crippen molar-refractivity contribution in [2.24, 2.45) is 4.99 Å². The van der Waals surface area contributed by atoms with Crippen molar-refractivity contribution in [2.75, 3.05) is 0 Å². The molecule has 0 radical (unpaired) electrons. The van der Waals surface area contributed by atoms with E-state index in [4.69, 9.17) is 4.99 Å². The molecule has 1 aliphatic rings. The van der Waals surface area contributed by atoms with Crippen molar-refractivity contribution in [3.8, 4) is 0 Å². The molecule has 1 saturated carbocycles. The van der Waals surface area contributed by atoms with Gasteiger partial charge < -0.3 is 4.57 Å². The number of benzene rings is 1. The molecular weight excluding hydrogens is 280 g/mol. The zero-order valence-corrected chi connectivity index (χ0v) is 13.3. The van der Waals surface area contributed by atoms with Crippen molar-refractivity contribution in [3.63, 3.8) is 0 Å². The Kier molecular flexibility index (Phi) is 4.06. The summed E-state index contributed by atoms with van der Waals surface area (Å²) in [7, 11) is 0. The average Bonchev–Trinajstić information content (AvgIpc) is 3.09. The Balaban J connectivity index is 1.97. The van der Waals surface area contributed by atoms with E-state index < -0.39 is 0 Å². The van der Waals surface area contributed by atoms with Crippen LogP contribution in [0.4, 0.5) is 5.69 Å². The first kappa shape index (κ1) is 14.3. The van der Waals surface area contributed by atoms with E-state index in [0.717, 1.165) is 16.1 Å². The van der Waals surface area contributed by atoms with Crippen LogP contribution in [0.5, 0.6) is 0 Å². The van der Waals surface area contributed by atoms with Gasteiger partial charge in [-0.2, -0.15) is 0 Å². The fourth-order valence-electron chi connectivity index (χ4n) is 2.97. The molecular formula is C17H20N2OS. The zero-order chi connectivity index (χ0) is 14.8. The third kappa shape index (κ3) is 3.00. The number of rotatable bonds is 3. The summed E-state index contributed by atoms with van der Waals surface area (Å²) in [4.78, 5) is 17.2. The van der Waals surface area contributed by atoms with Crippen LogP contribution in [0.2, 0.25) is 0 Å². The highest BCUT2D eigenvalue weighted by Gasteiger charge is 2.19. The molecule has 2 aromatic rings. The molecule has 1 fully saturated rings. The Bertz CT molecular complexity index is 703. The molecule has 4 heteroatoms. The second-order valence-electron chi connectivity index (χ2n) is 5.68. The van der Waals surface area contributed by atoms with Crippen LogP contribution in [0.3, 0.4) is 0 Å². The topological polar surface area (TPSA) is 34.4 Å². The van der Waals surface area contributed by atoms with E-state index in [-0.39, 0.29) is 5.78 Å². The lowest BCUT2D eigenvalue weighted by atomic mass is 10.1. The van der Waals surface area contributed by atoms with Gasteiger partial charge in [0.2, 0.25) is 0 Å². The summed E-state index contributed by atoms with van der Waals surface area (Å²) in [5, 5.41) is 2.18. The molecule has 0 spiro atoms. The SMILES string of the molecule is CC(=O)c1ccc(N=c2scc(C)n2C2CCCC2)cc1. The van der Waals surface area contributed by atoms with Gasteiger partial charge in [0.15, 0.2) is 10.6 Å². The molecule has 0 N–H and O–H groups in total. The van der Waals surface area contributed by atoms with E-state index in [1.807, 2.05) is 24.3 Å². The van der Waals surface area contributed by atoms with Gasteiger partial charge in [0.25, 0.3) is 0 Å². The quantitative estimate of drug-likeness (QED) is 0.773. The molecule has 0 aliphatic heterocycles. The Morgan fingerprint density at radius 1 is 1.24 bits per heavy atom. The third-order valence-corrected chi connectivity index (χ3v) is 5.07. The highest BCUT2D eigenvalue weighted by atomic mass is 32.1. The van der Waals surface area contributed by atoms with Gasteiger partial charge in [-0.1, -0.05) is 12.8 Å². The van der Waals surface area contributed by atoms with E-state index >= 15 is 0 Å². The van der Waals surface area contributed by atoms with E-state index in [2.05, 4.69) is 16.9 Å². The van der Waals surface area contributed by atoms with E-state index in [9.17, 15) is 4.79 Å². The molecule has 3 rings (SSSR count). The van der Waals surface area contributed by atoms with Gasteiger partial charge in [-0.05, 0) is 51.0 Å². The summed E-state index contributed by atoms with van der Waals surface area (Å²) in [6.45, 7) is 3.75. The monoisotopic (exact) mass is 300 g/mol. The van der Waals surface area contributed by atoms with E-state index in [1.54, 1.807) is 18.3 Å². The molecule has 0 unspecified atom stereocenters. The number of carbonyl (C=O) groups is 1. The number of carbonyl (C=O) groups excluding carboxylic acids is 1. The third-order valence-electron chi connectivity index (χ3n) is 4.11. The Labute approximate surface area is 129 Å². The van der Waals surface area contributed by atoms with E-state index in [0.29, 0.717) is 6.04 Å². The van der Waals surface area contributed by atoms with Gasteiger partial charge in [-0.25, -0.2) is 4.99 Å². The number of aromatic nitrogens is 1. The minimum Gasteiger partial charge on any atom is -0.318 e. The Hall–Kier alpha value is -1.68. The lowest BCUT2D eigenvalue weighted by Gasteiger charge is -2.13. The van der Waals surface area contributed by atoms with Gasteiger partial charge in [-0.3, -0.25) is 4.79 Å². The molecule has 1 heterocycles. The summed E-state index contributed by atoms with van der Waals surface area (Å²) in [6, 6.07) is 8.14. The van der Waals surface area contributed by atoms with Gasteiger partial charge in [0.05, 0.1) is 5.69 Å². The molecule has 110 valence electrons. The van der Waals surface area contributed by atoms with Gasteiger partial charge in [0, 0.05) is 22.7 Å². The number of hydrogen-bond acceptors (Lipinski definition) is 3. The molecule has 0 bridgehead atoms. The summed E-state index contributed by atoms with van der Waals surface area (Å²) >= 11 is 1.70. The van der Waals surface area contributed by atoms with Gasteiger partial charge in [-0.15, -0.1) is 11.3 Å². The molecule has 0 atom stereocenters. The highest BCUT2D eigenvalue weighted by Crippen LogP contribution is 2.30.